The Bertz CT molecular complexity index is 570. The van der Waals surface area contributed by atoms with E-state index in [0.29, 0.717) is 6.42 Å². The zero-order valence-corrected chi connectivity index (χ0v) is 13.1. The zero-order valence-electron chi connectivity index (χ0n) is 12.3. The smallest absolute Gasteiger partial charge is 0.135 e. The third-order valence-electron chi connectivity index (χ3n) is 3.41. The Morgan fingerprint density at radius 1 is 1.15 bits per heavy atom. The molecule has 0 amide bonds. The fraction of sp³-hybridized carbons (Fsp3) is 0.375. The third-order valence-corrected chi connectivity index (χ3v) is 4.30. The number of hydrogen-bond donors (Lipinski definition) is 1. The molecule has 1 unspecified atom stereocenters. The topological polar surface area (TPSA) is 38.7 Å². The fourth-order valence-corrected chi connectivity index (χ4v) is 3.39. The van der Waals surface area contributed by atoms with Crippen LogP contribution in [0.2, 0.25) is 0 Å². The molecule has 1 aromatic heterocycles. The van der Waals surface area contributed by atoms with E-state index in [1.165, 1.54) is 0 Å². The van der Waals surface area contributed by atoms with Gasteiger partial charge in [0.15, 0.2) is 0 Å². The van der Waals surface area contributed by atoms with Gasteiger partial charge in [-0.1, -0.05) is 12.1 Å². The van der Waals surface area contributed by atoms with Crippen molar-refractivity contribution in [1.82, 2.24) is 0 Å². The maximum Gasteiger partial charge on any atom is 0.135 e. The number of methoxy groups -OCH3 is 2. The Balaban J connectivity index is 2.27. The maximum atomic E-state index is 10.8. The highest BCUT2D eigenvalue weighted by Gasteiger charge is 2.30. The van der Waals surface area contributed by atoms with Gasteiger partial charge in [-0.05, 0) is 31.5 Å². The number of aryl methyl sites for hydroxylation is 1. The van der Waals surface area contributed by atoms with Gasteiger partial charge in [-0.3, -0.25) is 0 Å². The lowest BCUT2D eigenvalue weighted by Gasteiger charge is -2.25. The minimum Gasteiger partial charge on any atom is -0.497 e. The van der Waals surface area contributed by atoms with Gasteiger partial charge in [0.1, 0.15) is 11.5 Å². The van der Waals surface area contributed by atoms with Crippen LogP contribution in [0.3, 0.4) is 0 Å². The van der Waals surface area contributed by atoms with E-state index in [0.717, 1.165) is 27.5 Å². The fourth-order valence-electron chi connectivity index (χ4n) is 2.46. The molecule has 0 saturated heterocycles. The number of ether oxygens (including phenoxy) is 2. The molecule has 0 aliphatic heterocycles. The molecule has 0 spiro atoms. The molecule has 1 heterocycles. The first-order chi connectivity index (χ1) is 9.47. The van der Waals surface area contributed by atoms with Crippen LogP contribution in [0.1, 0.15) is 22.9 Å². The normalized spacial score (nSPS) is 13.8. The van der Waals surface area contributed by atoms with E-state index in [4.69, 9.17) is 9.47 Å². The van der Waals surface area contributed by atoms with Crippen LogP contribution >= 0.6 is 11.3 Å². The Labute approximate surface area is 123 Å². The largest absolute Gasteiger partial charge is 0.497 e. The summed E-state index contributed by atoms with van der Waals surface area (Å²) < 4.78 is 10.5. The minimum absolute atomic E-state index is 0.533. The lowest BCUT2D eigenvalue weighted by atomic mass is 9.89. The Hall–Kier alpha value is -1.52. The Morgan fingerprint density at radius 3 is 2.35 bits per heavy atom. The van der Waals surface area contributed by atoms with E-state index in [2.05, 4.69) is 0 Å². The number of rotatable bonds is 5. The van der Waals surface area contributed by atoms with Gasteiger partial charge >= 0.3 is 0 Å². The molecule has 1 N–H and O–H groups in total. The molecule has 4 heteroatoms. The predicted octanol–water partition coefficient (Wildman–Crippen LogP) is 3.52. The van der Waals surface area contributed by atoms with Crippen molar-refractivity contribution in [1.29, 1.82) is 0 Å². The lowest BCUT2D eigenvalue weighted by molar-refractivity contribution is 0.0549. The predicted molar refractivity (Wildman–Crippen MR) is 81.9 cm³/mol. The van der Waals surface area contributed by atoms with E-state index in [1.54, 1.807) is 25.6 Å². The van der Waals surface area contributed by atoms with Crippen molar-refractivity contribution < 1.29 is 14.6 Å². The second kappa shape index (κ2) is 5.85. The third kappa shape index (κ3) is 2.97. The van der Waals surface area contributed by atoms with Crippen molar-refractivity contribution in [3.05, 3.63) is 45.6 Å². The molecule has 2 aromatic rings. The highest BCUT2D eigenvalue weighted by Crippen LogP contribution is 2.39. The van der Waals surface area contributed by atoms with E-state index >= 15 is 0 Å². The van der Waals surface area contributed by atoms with Crippen molar-refractivity contribution in [2.24, 2.45) is 0 Å². The summed E-state index contributed by atoms with van der Waals surface area (Å²) >= 11 is 1.59. The number of hydrogen-bond acceptors (Lipinski definition) is 4. The van der Waals surface area contributed by atoms with Crippen molar-refractivity contribution in [3.63, 3.8) is 0 Å². The lowest BCUT2D eigenvalue weighted by Crippen LogP contribution is -2.25. The van der Waals surface area contributed by atoms with Gasteiger partial charge in [0.2, 0.25) is 0 Å². The molecule has 0 fully saturated rings. The van der Waals surface area contributed by atoms with Crippen molar-refractivity contribution in [2.45, 2.75) is 25.9 Å². The second-order valence-corrected chi connectivity index (χ2v) is 6.12. The Morgan fingerprint density at radius 2 is 1.80 bits per heavy atom. The maximum absolute atomic E-state index is 10.8. The molecule has 0 saturated carbocycles. The summed E-state index contributed by atoms with van der Waals surface area (Å²) in [7, 11) is 3.28. The highest BCUT2D eigenvalue weighted by molar-refractivity contribution is 7.10. The summed E-state index contributed by atoms with van der Waals surface area (Å²) in [6, 6.07) is 7.76. The number of benzene rings is 1. The van der Waals surface area contributed by atoms with Gasteiger partial charge < -0.3 is 14.6 Å². The second-order valence-electron chi connectivity index (χ2n) is 5.03. The van der Waals surface area contributed by atoms with E-state index in [1.807, 2.05) is 43.5 Å². The number of thiophene rings is 1. The van der Waals surface area contributed by atoms with Crippen LogP contribution in [0.5, 0.6) is 11.5 Å². The quantitative estimate of drug-likeness (QED) is 0.916. The van der Waals surface area contributed by atoms with Crippen LogP contribution < -0.4 is 9.47 Å². The van der Waals surface area contributed by atoms with Crippen LogP contribution in [0.15, 0.2) is 29.6 Å². The molecule has 1 atom stereocenters. The van der Waals surface area contributed by atoms with E-state index in [9.17, 15) is 5.11 Å². The molecule has 2 rings (SSSR count). The van der Waals surface area contributed by atoms with Crippen molar-refractivity contribution in [2.75, 3.05) is 14.2 Å². The average Bonchev–Trinajstić information content (AvgIpc) is 2.81. The monoisotopic (exact) mass is 292 g/mol. The van der Waals surface area contributed by atoms with Crippen LogP contribution in [0.25, 0.3) is 0 Å². The molecular weight excluding hydrogens is 272 g/mol. The molecule has 0 aliphatic rings. The van der Waals surface area contributed by atoms with Gasteiger partial charge in [-0.25, -0.2) is 0 Å². The zero-order chi connectivity index (χ0) is 14.8. The van der Waals surface area contributed by atoms with Crippen LogP contribution in [0.4, 0.5) is 0 Å². The van der Waals surface area contributed by atoms with Gasteiger partial charge in [0.25, 0.3) is 0 Å². The summed E-state index contributed by atoms with van der Waals surface area (Å²) in [5.74, 6) is 1.57. The summed E-state index contributed by atoms with van der Waals surface area (Å²) in [5, 5.41) is 12.8. The molecule has 3 nitrogen and oxygen atoms in total. The summed E-state index contributed by atoms with van der Waals surface area (Å²) in [5.41, 5.74) is 0.980. The van der Waals surface area contributed by atoms with Crippen LogP contribution in [-0.2, 0) is 12.0 Å². The van der Waals surface area contributed by atoms with Crippen molar-refractivity contribution in [3.8, 4) is 11.5 Å². The summed E-state index contributed by atoms with van der Waals surface area (Å²) in [6.45, 7) is 3.83. The van der Waals surface area contributed by atoms with E-state index in [-0.39, 0.29) is 0 Å². The first kappa shape index (κ1) is 14.9. The van der Waals surface area contributed by atoms with Crippen LogP contribution in [-0.4, -0.2) is 19.3 Å². The summed E-state index contributed by atoms with van der Waals surface area (Å²) in [6.07, 6.45) is 0.533. The average molecular weight is 292 g/mol. The van der Waals surface area contributed by atoms with Gasteiger partial charge in [0.05, 0.1) is 19.8 Å². The molecule has 0 aliphatic carbocycles. The molecule has 0 radical (unpaired) electrons. The molecule has 108 valence electrons. The minimum atomic E-state index is -0.954. The molecular formula is C16H20O3S. The van der Waals surface area contributed by atoms with Crippen molar-refractivity contribution >= 4 is 11.3 Å². The molecule has 0 bridgehead atoms. The van der Waals surface area contributed by atoms with Crippen LogP contribution in [0, 0.1) is 6.92 Å². The first-order valence-corrected chi connectivity index (χ1v) is 7.33. The summed E-state index contributed by atoms with van der Waals surface area (Å²) in [4.78, 5) is 1.08. The SMILES string of the molecule is COc1ccc(CC(C)(O)c2c(OC)csc2C)cc1. The first-order valence-electron chi connectivity index (χ1n) is 6.46. The van der Waals surface area contributed by atoms with E-state index < -0.39 is 5.60 Å². The standard InChI is InChI=1S/C16H20O3S/c1-11-15(14(19-4)10-20-11)16(2,17)9-12-5-7-13(18-3)8-6-12/h5-8,10,17H,9H2,1-4H3. The molecule has 1 aromatic carbocycles. The highest BCUT2D eigenvalue weighted by atomic mass is 32.1. The van der Waals surface area contributed by atoms with Gasteiger partial charge in [-0.2, -0.15) is 0 Å². The molecule has 20 heavy (non-hydrogen) atoms. The van der Waals surface area contributed by atoms with Gasteiger partial charge in [0, 0.05) is 22.2 Å². The number of aliphatic hydroxyl groups is 1. The Kier molecular flexibility index (Phi) is 4.35. The van der Waals surface area contributed by atoms with Gasteiger partial charge in [-0.15, -0.1) is 11.3 Å².